The monoisotopic (exact) mass is 268 g/mol. The Hall–Kier alpha value is -1.85. The standard InChI is InChI=1S/C13H20N2O4/c1-8(2)4-5-10(13(18)19-3)15-12(17)9-6-7-11(16)14-9/h4,9-10H,5-7H2,1-3H3,(H,14,16)(H,15,17)/t9-,10+/m0/s1. The Morgan fingerprint density at radius 1 is 1.53 bits per heavy atom. The van der Waals surface area contributed by atoms with Crippen molar-refractivity contribution in [3.63, 3.8) is 0 Å². The second-order valence-electron chi connectivity index (χ2n) is 4.76. The van der Waals surface area contributed by atoms with Gasteiger partial charge in [-0.15, -0.1) is 0 Å². The zero-order chi connectivity index (χ0) is 14.4. The molecule has 0 radical (unpaired) electrons. The van der Waals surface area contributed by atoms with Crippen LogP contribution in [0.5, 0.6) is 0 Å². The molecular weight excluding hydrogens is 248 g/mol. The van der Waals surface area contributed by atoms with Gasteiger partial charge in [-0.2, -0.15) is 0 Å². The topological polar surface area (TPSA) is 84.5 Å². The Kier molecular flexibility index (Phi) is 5.54. The fourth-order valence-corrected chi connectivity index (χ4v) is 1.79. The van der Waals surface area contributed by atoms with Crippen LogP contribution in [-0.2, 0) is 19.1 Å². The first-order valence-corrected chi connectivity index (χ1v) is 6.25. The van der Waals surface area contributed by atoms with Gasteiger partial charge in [0.15, 0.2) is 0 Å². The molecule has 6 nitrogen and oxygen atoms in total. The number of rotatable bonds is 5. The number of hydrogen-bond donors (Lipinski definition) is 2. The fraction of sp³-hybridized carbons (Fsp3) is 0.615. The number of carbonyl (C=O) groups excluding carboxylic acids is 3. The van der Waals surface area contributed by atoms with E-state index in [9.17, 15) is 14.4 Å². The van der Waals surface area contributed by atoms with Crippen molar-refractivity contribution < 1.29 is 19.1 Å². The lowest BCUT2D eigenvalue weighted by atomic mass is 10.1. The molecule has 0 unspecified atom stereocenters. The minimum Gasteiger partial charge on any atom is -0.467 e. The van der Waals surface area contributed by atoms with Crippen LogP contribution in [0.1, 0.15) is 33.1 Å². The molecule has 0 aromatic rings. The van der Waals surface area contributed by atoms with Gasteiger partial charge in [-0.1, -0.05) is 11.6 Å². The Balaban J connectivity index is 2.61. The van der Waals surface area contributed by atoms with Gasteiger partial charge in [0.2, 0.25) is 11.8 Å². The summed E-state index contributed by atoms with van der Waals surface area (Å²) in [7, 11) is 1.28. The molecule has 1 aliphatic heterocycles. The van der Waals surface area contributed by atoms with Crippen molar-refractivity contribution in [2.24, 2.45) is 0 Å². The van der Waals surface area contributed by atoms with Gasteiger partial charge in [-0.3, -0.25) is 9.59 Å². The molecule has 0 aromatic carbocycles. The molecule has 1 heterocycles. The average molecular weight is 268 g/mol. The molecule has 0 aromatic heterocycles. The van der Waals surface area contributed by atoms with Crippen LogP contribution in [0.25, 0.3) is 0 Å². The Morgan fingerprint density at radius 3 is 2.68 bits per heavy atom. The maximum absolute atomic E-state index is 11.9. The van der Waals surface area contributed by atoms with E-state index in [1.54, 1.807) is 0 Å². The summed E-state index contributed by atoms with van der Waals surface area (Å²) in [5.41, 5.74) is 1.05. The van der Waals surface area contributed by atoms with E-state index in [1.165, 1.54) is 7.11 Å². The molecule has 6 heteroatoms. The number of hydrogen-bond acceptors (Lipinski definition) is 4. The van der Waals surface area contributed by atoms with Crippen LogP contribution in [0.2, 0.25) is 0 Å². The molecule has 1 saturated heterocycles. The van der Waals surface area contributed by atoms with Crippen LogP contribution in [0, 0.1) is 0 Å². The smallest absolute Gasteiger partial charge is 0.328 e. The Labute approximate surface area is 112 Å². The molecule has 106 valence electrons. The summed E-state index contributed by atoms with van der Waals surface area (Å²) in [5, 5.41) is 5.18. The van der Waals surface area contributed by atoms with Gasteiger partial charge in [-0.05, 0) is 26.7 Å². The lowest BCUT2D eigenvalue weighted by molar-refractivity contribution is -0.145. The highest BCUT2D eigenvalue weighted by molar-refractivity contribution is 5.93. The predicted molar refractivity (Wildman–Crippen MR) is 69.2 cm³/mol. The molecule has 2 atom stereocenters. The SMILES string of the molecule is COC(=O)[C@@H](CC=C(C)C)NC(=O)[C@@H]1CCC(=O)N1. The zero-order valence-electron chi connectivity index (χ0n) is 11.5. The number of esters is 1. The number of methoxy groups -OCH3 is 1. The van der Waals surface area contributed by atoms with Crippen LogP contribution in [-0.4, -0.2) is 37.0 Å². The molecule has 0 bridgehead atoms. The summed E-state index contributed by atoms with van der Waals surface area (Å²) in [6.45, 7) is 3.82. The van der Waals surface area contributed by atoms with E-state index in [-0.39, 0.29) is 11.8 Å². The zero-order valence-corrected chi connectivity index (χ0v) is 11.5. The molecule has 1 aliphatic rings. The van der Waals surface area contributed by atoms with E-state index < -0.39 is 18.1 Å². The number of ether oxygens (including phenoxy) is 1. The third-order valence-electron chi connectivity index (χ3n) is 2.88. The molecule has 0 saturated carbocycles. The van der Waals surface area contributed by atoms with Crippen molar-refractivity contribution in [3.05, 3.63) is 11.6 Å². The summed E-state index contributed by atoms with van der Waals surface area (Å²) in [6, 6.07) is -1.27. The summed E-state index contributed by atoms with van der Waals surface area (Å²) < 4.78 is 4.66. The quantitative estimate of drug-likeness (QED) is 0.554. The Bertz CT molecular complexity index is 399. The maximum atomic E-state index is 11.9. The van der Waals surface area contributed by atoms with Gasteiger partial charge in [0.25, 0.3) is 0 Å². The lowest BCUT2D eigenvalue weighted by Gasteiger charge is -2.17. The maximum Gasteiger partial charge on any atom is 0.328 e. The second-order valence-corrected chi connectivity index (χ2v) is 4.76. The highest BCUT2D eigenvalue weighted by atomic mass is 16.5. The van der Waals surface area contributed by atoms with Crippen molar-refractivity contribution in [2.75, 3.05) is 7.11 Å². The highest BCUT2D eigenvalue weighted by Gasteiger charge is 2.30. The molecule has 0 aliphatic carbocycles. The van der Waals surface area contributed by atoms with Gasteiger partial charge >= 0.3 is 5.97 Å². The van der Waals surface area contributed by atoms with Crippen molar-refractivity contribution in [1.29, 1.82) is 0 Å². The molecular formula is C13H20N2O4. The summed E-state index contributed by atoms with van der Waals surface area (Å²) in [4.78, 5) is 34.6. The molecule has 2 amide bonds. The summed E-state index contributed by atoms with van der Waals surface area (Å²) >= 11 is 0. The van der Waals surface area contributed by atoms with Gasteiger partial charge in [-0.25, -0.2) is 4.79 Å². The van der Waals surface area contributed by atoms with Crippen molar-refractivity contribution in [2.45, 2.75) is 45.2 Å². The van der Waals surface area contributed by atoms with Gasteiger partial charge in [0, 0.05) is 6.42 Å². The number of nitrogens with one attached hydrogen (secondary N) is 2. The molecule has 2 N–H and O–H groups in total. The van der Waals surface area contributed by atoms with Gasteiger partial charge < -0.3 is 15.4 Å². The number of allylic oxidation sites excluding steroid dienone is 1. The van der Waals surface area contributed by atoms with E-state index in [1.807, 2.05) is 19.9 Å². The van der Waals surface area contributed by atoms with E-state index >= 15 is 0 Å². The van der Waals surface area contributed by atoms with Crippen molar-refractivity contribution >= 4 is 17.8 Å². The van der Waals surface area contributed by atoms with E-state index in [0.717, 1.165) is 5.57 Å². The first kappa shape index (κ1) is 15.2. The predicted octanol–water partition coefficient (Wildman–Crippen LogP) is 0.279. The average Bonchev–Trinajstić information content (AvgIpc) is 2.79. The third-order valence-corrected chi connectivity index (χ3v) is 2.88. The second kappa shape index (κ2) is 6.92. The first-order valence-electron chi connectivity index (χ1n) is 6.25. The third kappa shape index (κ3) is 4.73. The molecule has 19 heavy (non-hydrogen) atoms. The van der Waals surface area contributed by atoms with Crippen LogP contribution in [0.15, 0.2) is 11.6 Å². The van der Waals surface area contributed by atoms with Crippen LogP contribution < -0.4 is 10.6 Å². The fourth-order valence-electron chi connectivity index (χ4n) is 1.79. The van der Waals surface area contributed by atoms with Crippen molar-refractivity contribution in [3.8, 4) is 0 Å². The van der Waals surface area contributed by atoms with E-state index in [0.29, 0.717) is 19.3 Å². The van der Waals surface area contributed by atoms with E-state index in [4.69, 9.17) is 0 Å². The highest BCUT2D eigenvalue weighted by Crippen LogP contribution is 2.08. The van der Waals surface area contributed by atoms with Crippen LogP contribution >= 0.6 is 0 Å². The molecule has 0 spiro atoms. The normalized spacial score (nSPS) is 19.3. The minimum atomic E-state index is -0.718. The van der Waals surface area contributed by atoms with E-state index in [2.05, 4.69) is 15.4 Å². The van der Waals surface area contributed by atoms with Crippen LogP contribution in [0.4, 0.5) is 0 Å². The van der Waals surface area contributed by atoms with Crippen LogP contribution in [0.3, 0.4) is 0 Å². The van der Waals surface area contributed by atoms with Gasteiger partial charge in [0.1, 0.15) is 12.1 Å². The van der Waals surface area contributed by atoms with Crippen molar-refractivity contribution in [1.82, 2.24) is 10.6 Å². The summed E-state index contributed by atoms with van der Waals surface area (Å²) in [5.74, 6) is -0.974. The van der Waals surface area contributed by atoms with Gasteiger partial charge in [0.05, 0.1) is 7.11 Å². The summed E-state index contributed by atoms with van der Waals surface area (Å²) in [6.07, 6.45) is 3.03. The molecule has 1 rings (SSSR count). The minimum absolute atomic E-state index is 0.140. The first-order chi connectivity index (χ1) is 8.93. The Morgan fingerprint density at radius 2 is 2.21 bits per heavy atom. The largest absolute Gasteiger partial charge is 0.467 e. The number of carbonyl (C=O) groups is 3. The number of amides is 2. The lowest BCUT2D eigenvalue weighted by Crippen LogP contribution is -2.48. The molecule has 1 fully saturated rings.